The van der Waals surface area contributed by atoms with E-state index < -0.39 is 6.04 Å². The van der Waals surface area contributed by atoms with Crippen molar-refractivity contribution in [3.8, 4) is 0 Å². The molecule has 0 radical (unpaired) electrons. The number of nitrogens with two attached hydrogens (primary N) is 1. The molecule has 8 nitrogen and oxygen atoms in total. The van der Waals surface area contributed by atoms with Crippen LogP contribution in [0, 0.1) is 6.92 Å². The zero-order valence-electron chi connectivity index (χ0n) is 16.8. The van der Waals surface area contributed by atoms with E-state index in [1.165, 1.54) is 6.08 Å². The van der Waals surface area contributed by atoms with Crippen molar-refractivity contribution in [2.24, 2.45) is 5.73 Å². The summed E-state index contributed by atoms with van der Waals surface area (Å²) in [6, 6.07) is 8.99. The number of carbonyl (C=O) groups excluding carboxylic acids is 2. The summed E-state index contributed by atoms with van der Waals surface area (Å²) in [6.07, 6.45) is 4.76. The summed E-state index contributed by atoms with van der Waals surface area (Å²) in [5.41, 5.74) is 9.00. The molecule has 2 amide bonds. The van der Waals surface area contributed by atoms with E-state index in [0.29, 0.717) is 24.6 Å². The van der Waals surface area contributed by atoms with Gasteiger partial charge in [-0.1, -0.05) is 18.2 Å². The molecule has 1 unspecified atom stereocenters. The monoisotopic (exact) mass is 405 g/mol. The Kier molecular flexibility index (Phi) is 5.24. The van der Waals surface area contributed by atoms with E-state index in [4.69, 9.17) is 10.2 Å². The topological polar surface area (TPSA) is 113 Å². The number of fused-ring (bicyclic) bond motifs is 2. The summed E-state index contributed by atoms with van der Waals surface area (Å²) in [6.45, 7) is 2.68. The van der Waals surface area contributed by atoms with Gasteiger partial charge in [0.05, 0.1) is 12.2 Å². The normalized spacial score (nSPS) is 16.1. The van der Waals surface area contributed by atoms with Crippen LogP contribution < -0.4 is 16.4 Å². The Morgan fingerprint density at radius 2 is 2.20 bits per heavy atom. The number of hydrogen-bond donors (Lipinski definition) is 3. The van der Waals surface area contributed by atoms with E-state index in [0.717, 1.165) is 27.9 Å². The first kappa shape index (κ1) is 19.7. The summed E-state index contributed by atoms with van der Waals surface area (Å²) >= 11 is 0. The van der Waals surface area contributed by atoms with Crippen LogP contribution in [-0.4, -0.2) is 41.3 Å². The van der Waals surface area contributed by atoms with E-state index in [-0.39, 0.29) is 11.8 Å². The van der Waals surface area contributed by atoms with Gasteiger partial charge in [0, 0.05) is 36.8 Å². The van der Waals surface area contributed by atoms with Crippen molar-refractivity contribution in [1.29, 1.82) is 0 Å². The summed E-state index contributed by atoms with van der Waals surface area (Å²) in [4.78, 5) is 30.2. The molecule has 0 saturated heterocycles. The lowest BCUT2D eigenvalue weighted by molar-refractivity contribution is -0.125. The van der Waals surface area contributed by atoms with Crippen molar-refractivity contribution >= 4 is 40.4 Å². The third kappa shape index (κ3) is 3.90. The molecule has 30 heavy (non-hydrogen) atoms. The molecule has 0 saturated carbocycles. The maximum absolute atomic E-state index is 12.6. The molecule has 0 bridgehead atoms. The van der Waals surface area contributed by atoms with Gasteiger partial charge in [0.1, 0.15) is 17.4 Å². The van der Waals surface area contributed by atoms with Gasteiger partial charge >= 0.3 is 0 Å². The van der Waals surface area contributed by atoms with Gasteiger partial charge in [0.2, 0.25) is 11.8 Å². The maximum Gasteiger partial charge on any atom is 0.246 e. The van der Waals surface area contributed by atoms with Crippen molar-refractivity contribution in [1.82, 2.24) is 9.88 Å². The second-order valence-corrected chi connectivity index (χ2v) is 7.32. The van der Waals surface area contributed by atoms with Gasteiger partial charge in [-0.3, -0.25) is 9.59 Å². The van der Waals surface area contributed by atoms with Crippen molar-refractivity contribution < 1.29 is 14.0 Å². The Bertz CT molecular complexity index is 1150. The number of likely N-dealkylation sites (N-methyl/N-ethyl adjacent to an activating group) is 1. The summed E-state index contributed by atoms with van der Waals surface area (Å²) in [7, 11) is 1.73. The molecule has 3 aromatic rings. The van der Waals surface area contributed by atoms with Crippen LogP contribution in [0.15, 0.2) is 47.0 Å². The van der Waals surface area contributed by atoms with Crippen LogP contribution in [0.2, 0.25) is 0 Å². The van der Waals surface area contributed by atoms with Crippen LogP contribution in [0.4, 0.5) is 11.5 Å². The Labute approximate surface area is 173 Å². The lowest BCUT2D eigenvalue weighted by Gasteiger charge is -2.14. The second-order valence-electron chi connectivity index (χ2n) is 7.32. The number of nitrogens with one attached hydrogen (secondary N) is 2. The summed E-state index contributed by atoms with van der Waals surface area (Å²) in [5, 5.41) is 6.83. The minimum absolute atomic E-state index is 0.159. The average molecular weight is 405 g/mol. The Hall–Kier alpha value is -3.65. The fourth-order valence-corrected chi connectivity index (χ4v) is 3.29. The number of aromatic nitrogens is 1. The predicted molar refractivity (Wildman–Crippen MR) is 116 cm³/mol. The fourth-order valence-electron chi connectivity index (χ4n) is 3.29. The number of benzene rings is 1. The van der Waals surface area contributed by atoms with Crippen LogP contribution in [0.25, 0.3) is 17.0 Å². The number of carbonyl (C=O) groups is 2. The summed E-state index contributed by atoms with van der Waals surface area (Å²) in [5.74, 6) is 0.750. The van der Waals surface area contributed by atoms with E-state index >= 15 is 0 Å². The first-order chi connectivity index (χ1) is 14.4. The number of pyridine rings is 1. The highest BCUT2D eigenvalue weighted by molar-refractivity contribution is 5.98. The highest BCUT2D eigenvalue weighted by Gasteiger charge is 2.20. The van der Waals surface area contributed by atoms with Crippen LogP contribution in [-0.2, 0) is 16.1 Å². The Balaban J connectivity index is 1.45. The first-order valence-corrected chi connectivity index (χ1v) is 9.63. The van der Waals surface area contributed by atoms with Crippen LogP contribution in [0.3, 0.4) is 0 Å². The highest BCUT2D eigenvalue weighted by atomic mass is 16.3. The van der Waals surface area contributed by atoms with Crippen molar-refractivity contribution in [3.63, 3.8) is 0 Å². The van der Waals surface area contributed by atoms with E-state index in [9.17, 15) is 9.59 Å². The SMILES string of the molecule is Cc1c(CN(C)C(=O)C=Cc2cnc3c(c2)NCC(N)C(=O)N3)oc2ccccc12. The van der Waals surface area contributed by atoms with Crippen molar-refractivity contribution in [3.05, 3.63) is 59.5 Å². The quantitative estimate of drug-likeness (QED) is 0.575. The van der Waals surface area contributed by atoms with Gasteiger partial charge in [-0.05, 0) is 30.7 Å². The van der Waals surface area contributed by atoms with Crippen LogP contribution in [0.1, 0.15) is 16.9 Å². The molecule has 8 heteroatoms. The molecule has 2 aromatic heterocycles. The van der Waals surface area contributed by atoms with E-state index in [1.54, 1.807) is 24.2 Å². The van der Waals surface area contributed by atoms with Gasteiger partial charge in [0.15, 0.2) is 5.82 Å². The van der Waals surface area contributed by atoms with Gasteiger partial charge in [-0.25, -0.2) is 4.98 Å². The van der Waals surface area contributed by atoms with Gasteiger partial charge in [-0.2, -0.15) is 0 Å². The molecular weight excluding hydrogens is 382 g/mol. The zero-order chi connectivity index (χ0) is 21.3. The minimum Gasteiger partial charge on any atom is -0.459 e. The maximum atomic E-state index is 12.6. The second kappa shape index (κ2) is 8.00. The Morgan fingerprint density at radius 3 is 3.00 bits per heavy atom. The molecule has 0 spiro atoms. The third-order valence-electron chi connectivity index (χ3n) is 5.12. The number of para-hydroxylation sites is 1. The lowest BCUT2D eigenvalue weighted by atomic mass is 10.1. The molecule has 0 fully saturated rings. The number of hydrogen-bond acceptors (Lipinski definition) is 6. The first-order valence-electron chi connectivity index (χ1n) is 9.63. The van der Waals surface area contributed by atoms with Crippen molar-refractivity contribution in [2.45, 2.75) is 19.5 Å². The minimum atomic E-state index is -0.643. The number of nitrogens with zero attached hydrogens (tertiary/aromatic N) is 2. The third-order valence-corrected chi connectivity index (χ3v) is 5.12. The fraction of sp³-hybridized carbons (Fsp3) is 0.227. The molecule has 0 aliphatic carbocycles. The zero-order valence-corrected chi connectivity index (χ0v) is 16.8. The standard InChI is InChI=1S/C22H23N5O3/c1-13-15-5-3-4-6-18(15)30-19(13)12-27(2)20(28)8-7-14-9-17-21(25-10-14)26-22(29)16(23)11-24-17/h3-10,16,24H,11-12,23H2,1-2H3,(H,25,26,29). The summed E-state index contributed by atoms with van der Waals surface area (Å²) < 4.78 is 5.89. The van der Waals surface area contributed by atoms with Gasteiger partial charge in [-0.15, -0.1) is 0 Å². The molecule has 3 heterocycles. The number of furan rings is 1. The smallest absolute Gasteiger partial charge is 0.246 e. The molecule has 1 aromatic carbocycles. The van der Waals surface area contributed by atoms with Gasteiger partial charge < -0.3 is 25.7 Å². The van der Waals surface area contributed by atoms with E-state index in [2.05, 4.69) is 15.6 Å². The van der Waals surface area contributed by atoms with Crippen molar-refractivity contribution in [2.75, 3.05) is 24.2 Å². The largest absolute Gasteiger partial charge is 0.459 e. The van der Waals surface area contributed by atoms with Crippen LogP contribution >= 0.6 is 0 Å². The molecule has 1 aliphatic heterocycles. The predicted octanol–water partition coefficient (Wildman–Crippen LogP) is 2.50. The number of amides is 2. The molecule has 1 aliphatic rings. The average Bonchev–Trinajstić information content (AvgIpc) is 2.98. The molecule has 4 N–H and O–H groups in total. The highest BCUT2D eigenvalue weighted by Crippen LogP contribution is 2.26. The number of anilines is 2. The van der Waals surface area contributed by atoms with E-state index in [1.807, 2.05) is 37.3 Å². The van der Waals surface area contributed by atoms with Gasteiger partial charge in [0.25, 0.3) is 0 Å². The molecular formula is C22H23N5O3. The number of aryl methyl sites for hydroxylation is 1. The Morgan fingerprint density at radius 1 is 1.40 bits per heavy atom. The number of rotatable bonds is 4. The molecule has 4 rings (SSSR count). The lowest BCUT2D eigenvalue weighted by Crippen LogP contribution is -2.39. The molecule has 1 atom stereocenters. The van der Waals surface area contributed by atoms with Crippen LogP contribution in [0.5, 0.6) is 0 Å². The molecule has 154 valence electrons.